The summed E-state index contributed by atoms with van der Waals surface area (Å²) in [5.41, 5.74) is 2.84. The number of nitrogens with one attached hydrogen (secondary N) is 1. The van der Waals surface area contributed by atoms with Gasteiger partial charge in [-0.25, -0.2) is 9.78 Å². The normalized spacial score (nSPS) is 15.1. The average molecular weight is 425 g/mol. The van der Waals surface area contributed by atoms with Crippen LogP contribution in [0.4, 0.5) is 5.69 Å². The van der Waals surface area contributed by atoms with E-state index in [9.17, 15) is 9.59 Å². The molecule has 0 unspecified atom stereocenters. The Morgan fingerprint density at radius 3 is 2.52 bits per heavy atom. The SMILES string of the molecule is CCCCn1c(=O)[nH]c(=O)c2c1nc(CN1CCN(c3cccc(C)c3)CC1)n2CC. The van der Waals surface area contributed by atoms with Crippen molar-refractivity contribution in [1.29, 1.82) is 0 Å². The quantitative estimate of drug-likeness (QED) is 0.630. The van der Waals surface area contributed by atoms with Crippen molar-refractivity contribution in [2.45, 2.75) is 53.2 Å². The number of hydrogen-bond acceptors (Lipinski definition) is 5. The minimum absolute atomic E-state index is 0.349. The molecule has 8 heteroatoms. The second kappa shape index (κ2) is 9.09. The van der Waals surface area contributed by atoms with Gasteiger partial charge in [-0.15, -0.1) is 0 Å². The van der Waals surface area contributed by atoms with Crippen LogP contribution in [0.25, 0.3) is 11.2 Å². The van der Waals surface area contributed by atoms with Crippen molar-refractivity contribution in [1.82, 2.24) is 24.0 Å². The van der Waals surface area contributed by atoms with Gasteiger partial charge in [0, 0.05) is 45.0 Å². The summed E-state index contributed by atoms with van der Waals surface area (Å²) in [4.78, 5) is 37.1. The first kappa shape index (κ1) is 21.4. The van der Waals surface area contributed by atoms with E-state index in [1.807, 2.05) is 11.5 Å². The zero-order chi connectivity index (χ0) is 22.0. The number of hydrogen-bond donors (Lipinski definition) is 1. The summed E-state index contributed by atoms with van der Waals surface area (Å²) in [5, 5.41) is 0. The predicted molar refractivity (Wildman–Crippen MR) is 124 cm³/mol. The first-order valence-electron chi connectivity index (χ1n) is 11.3. The highest BCUT2D eigenvalue weighted by atomic mass is 16.2. The molecule has 8 nitrogen and oxygen atoms in total. The van der Waals surface area contributed by atoms with Crippen LogP contribution >= 0.6 is 0 Å². The highest BCUT2D eigenvalue weighted by molar-refractivity contribution is 5.71. The number of aromatic amines is 1. The molecule has 31 heavy (non-hydrogen) atoms. The van der Waals surface area contributed by atoms with Crippen LogP contribution in [0.2, 0.25) is 0 Å². The summed E-state index contributed by atoms with van der Waals surface area (Å²) in [5.74, 6) is 0.850. The lowest BCUT2D eigenvalue weighted by molar-refractivity contribution is 0.241. The number of nitrogens with zero attached hydrogens (tertiary/aromatic N) is 5. The lowest BCUT2D eigenvalue weighted by Gasteiger charge is -2.36. The highest BCUT2D eigenvalue weighted by Gasteiger charge is 2.22. The van der Waals surface area contributed by atoms with Gasteiger partial charge in [0.2, 0.25) is 0 Å². The Bertz CT molecular complexity index is 1170. The molecule has 1 fully saturated rings. The van der Waals surface area contributed by atoms with Gasteiger partial charge in [0.15, 0.2) is 11.2 Å². The van der Waals surface area contributed by atoms with Gasteiger partial charge in [0.25, 0.3) is 5.56 Å². The molecule has 1 N–H and O–H groups in total. The average Bonchev–Trinajstić information content (AvgIpc) is 3.12. The number of rotatable bonds is 7. The molecule has 1 aliphatic heterocycles. The van der Waals surface area contributed by atoms with Gasteiger partial charge in [-0.2, -0.15) is 0 Å². The summed E-state index contributed by atoms with van der Waals surface area (Å²) in [6, 6.07) is 8.63. The van der Waals surface area contributed by atoms with Gasteiger partial charge >= 0.3 is 5.69 Å². The van der Waals surface area contributed by atoms with E-state index >= 15 is 0 Å². The van der Waals surface area contributed by atoms with Gasteiger partial charge in [0.05, 0.1) is 6.54 Å². The second-order valence-corrected chi connectivity index (χ2v) is 8.31. The first-order valence-corrected chi connectivity index (χ1v) is 11.3. The zero-order valence-corrected chi connectivity index (χ0v) is 18.7. The number of piperazine rings is 1. The summed E-state index contributed by atoms with van der Waals surface area (Å²) < 4.78 is 3.58. The molecule has 2 aromatic heterocycles. The second-order valence-electron chi connectivity index (χ2n) is 8.31. The van der Waals surface area contributed by atoms with Crippen LogP contribution in [0.5, 0.6) is 0 Å². The molecule has 1 aromatic carbocycles. The summed E-state index contributed by atoms with van der Waals surface area (Å²) in [6.45, 7) is 11.9. The minimum atomic E-state index is -0.370. The van der Waals surface area contributed by atoms with Crippen LogP contribution in [0.3, 0.4) is 0 Å². The van der Waals surface area contributed by atoms with E-state index in [2.05, 4.69) is 52.9 Å². The van der Waals surface area contributed by atoms with E-state index < -0.39 is 0 Å². The maximum absolute atomic E-state index is 12.6. The predicted octanol–water partition coefficient (Wildman–Crippen LogP) is 2.34. The van der Waals surface area contributed by atoms with Crippen LogP contribution in [0.15, 0.2) is 33.9 Å². The van der Waals surface area contributed by atoms with E-state index in [0.717, 1.165) is 44.8 Å². The Kier molecular flexibility index (Phi) is 6.27. The maximum atomic E-state index is 12.6. The number of imidazole rings is 1. The van der Waals surface area contributed by atoms with Gasteiger partial charge in [-0.1, -0.05) is 25.5 Å². The molecule has 0 saturated carbocycles. The van der Waals surface area contributed by atoms with Crippen LogP contribution in [-0.4, -0.2) is 50.2 Å². The topological polar surface area (TPSA) is 79.2 Å². The monoisotopic (exact) mass is 424 g/mol. The Labute approximate surface area is 182 Å². The van der Waals surface area contributed by atoms with Crippen LogP contribution in [-0.2, 0) is 19.6 Å². The zero-order valence-electron chi connectivity index (χ0n) is 18.7. The Balaban J connectivity index is 1.57. The Morgan fingerprint density at radius 2 is 1.84 bits per heavy atom. The van der Waals surface area contributed by atoms with Crippen molar-refractivity contribution in [2.75, 3.05) is 31.1 Å². The molecule has 4 rings (SSSR count). The first-order chi connectivity index (χ1) is 15.0. The largest absolute Gasteiger partial charge is 0.369 e. The third kappa shape index (κ3) is 4.30. The van der Waals surface area contributed by atoms with Crippen molar-refractivity contribution < 1.29 is 0 Å². The van der Waals surface area contributed by atoms with E-state index in [-0.39, 0.29) is 11.2 Å². The van der Waals surface area contributed by atoms with Crippen molar-refractivity contribution >= 4 is 16.9 Å². The number of aromatic nitrogens is 4. The van der Waals surface area contributed by atoms with E-state index in [1.54, 1.807) is 4.57 Å². The minimum Gasteiger partial charge on any atom is -0.369 e. The fourth-order valence-electron chi connectivity index (χ4n) is 4.39. The van der Waals surface area contributed by atoms with Crippen molar-refractivity contribution in [3.05, 3.63) is 56.5 Å². The van der Waals surface area contributed by atoms with Gasteiger partial charge in [0.1, 0.15) is 5.82 Å². The van der Waals surface area contributed by atoms with Crippen molar-refractivity contribution in [3.8, 4) is 0 Å². The molecular formula is C23H32N6O2. The summed E-state index contributed by atoms with van der Waals surface area (Å²) in [6.07, 6.45) is 1.84. The Hall–Kier alpha value is -2.87. The molecule has 0 spiro atoms. The lowest BCUT2D eigenvalue weighted by atomic mass is 10.2. The fourth-order valence-corrected chi connectivity index (χ4v) is 4.39. The van der Waals surface area contributed by atoms with Crippen molar-refractivity contribution in [3.63, 3.8) is 0 Å². The molecule has 0 radical (unpaired) electrons. The molecule has 166 valence electrons. The Morgan fingerprint density at radius 1 is 1.06 bits per heavy atom. The number of benzene rings is 1. The molecule has 1 aliphatic rings. The number of aryl methyl sites for hydroxylation is 3. The van der Waals surface area contributed by atoms with Crippen LogP contribution in [0.1, 0.15) is 38.1 Å². The molecule has 3 heterocycles. The van der Waals surface area contributed by atoms with Gasteiger partial charge in [-0.3, -0.25) is 19.2 Å². The smallest absolute Gasteiger partial charge is 0.330 e. The lowest BCUT2D eigenvalue weighted by Crippen LogP contribution is -2.46. The van der Waals surface area contributed by atoms with Crippen molar-refractivity contribution in [2.24, 2.45) is 0 Å². The van der Waals surface area contributed by atoms with Gasteiger partial charge < -0.3 is 9.47 Å². The molecule has 1 saturated heterocycles. The third-order valence-electron chi connectivity index (χ3n) is 6.12. The summed E-state index contributed by atoms with van der Waals surface area (Å²) in [7, 11) is 0. The maximum Gasteiger partial charge on any atom is 0.330 e. The third-order valence-corrected chi connectivity index (χ3v) is 6.12. The van der Waals surface area contributed by atoms with E-state index in [0.29, 0.717) is 30.8 Å². The molecule has 0 bridgehead atoms. The number of anilines is 1. The fraction of sp³-hybridized carbons (Fsp3) is 0.522. The molecule has 0 amide bonds. The van der Waals surface area contributed by atoms with E-state index in [4.69, 9.17) is 4.98 Å². The van der Waals surface area contributed by atoms with E-state index in [1.165, 1.54) is 11.3 Å². The van der Waals surface area contributed by atoms with Crippen LogP contribution < -0.4 is 16.1 Å². The number of fused-ring (bicyclic) bond motifs is 1. The molecule has 0 atom stereocenters. The summed E-state index contributed by atoms with van der Waals surface area (Å²) >= 11 is 0. The molecule has 3 aromatic rings. The number of unbranched alkanes of at least 4 members (excludes halogenated alkanes) is 1. The molecule has 0 aliphatic carbocycles. The van der Waals surface area contributed by atoms with Crippen LogP contribution in [0, 0.1) is 6.92 Å². The standard InChI is InChI=1S/C23H32N6O2/c1-4-6-10-29-21-20(22(30)25-23(29)31)28(5-2)19(24-21)16-26-11-13-27(14-12-26)18-9-7-8-17(3)15-18/h7-9,15H,4-6,10-14,16H2,1-3H3,(H,25,30,31). The molecular weight excluding hydrogens is 392 g/mol. The highest BCUT2D eigenvalue weighted by Crippen LogP contribution is 2.19. The van der Waals surface area contributed by atoms with Gasteiger partial charge in [-0.05, 0) is 38.0 Å². The number of H-pyrrole nitrogens is 1.